The zero-order chi connectivity index (χ0) is 16.0. The van der Waals surface area contributed by atoms with E-state index in [1.165, 1.54) is 12.8 Å². The highest BCUT2D eigenvalue weighted by atomic mass is 16.3. The lowest BCUT2D eigenvalue weighted by Crippen LogP contribution is -2.30. The van der Waals surface area contributed by atoms with Crippen molar-refractivity contribution in [1.82, 2.24) is 9.55 Å². The fourth-order valence-corrected chi connectivity index (χ4v) is 3.72. The number of nitrogens with one attached hydrogen (secondary N) is 1. The Morgan fingerprint density at radius 3 is 2.83 bits per heavy atom. The number of fused-ring (bicyclic) bond motifs is 1. The molecule has 0 aliphatic heterocycles. The Labute approximate surface area is 135 Å². The number of hydrogen-bond donors (Lipinski definition) is 2. The van der Waals surface area contributed by atoms with Crippen LogP contribution in [0.3, 0.4) is 0 Å². The number of aromatic nitrogens is 2. The number of rotatable bonds is 4. The van der Waals surface area contributed by atoms with Gasteiger partial charge in [-0.2, -0.15) is 0 Å². The zero-order valence-electron chi connectivity index (χ0n) is 13.5. The van der Waals surface area contributed by atoms with Crippen LogP contribution < -0.4 is 5.32 Å². The van der Waals surface area contributed by atoms with Crippen molar-refractivity contribution in [2.24, 2.45) is 7.05 Å². The van der Waals surface area contributed by atoms with Gasteiger partial charge in [0.25, 0.3) is 0 Å². The summed E-state index contributed by atoms with van der Waals surface area (Å²) in [7, 11) is 2.05. The van der Waals surface area contributed by atoms with E-state index in [1.54, 1.807) is 0 Å². The van der Waals surface area contributed by atoms with Gasteiger partial charge in [-0.05, 0) is 43.9 Å². The minimum absolute atomic E-state index is 0.118. The van der Waals surface area contributed by atoms with E-state index in [1.807, 2.05) is 18.2 Å². The summed E-state index contributed by atoms with van der Waals surface area (Å²) >= 11 is 0. The number of nitrogens with zero attached hydrogens (tertiary/aromatic N) is 2. The fraction of sp³-hybridized carbons (Fsp3) is 0.556. The van der Waals surface area contributed by atoms with Crippen molar-refractivity contribution >= 4 is 22.6 Å². The third-order valence-electron chi connectivity index (χ3n) is 5.17. The Hall–Kier alpha value is -1.88. The van der Waals surface area contributed by atoms with Crippen LogP contribution in [0.4, 0.5) is 5.69 Å². The number of amides is 1. The lowest BCUT2D eigenvalue weighted by atomic mass is 9.97. The third kappa shape index (κ3) is 2.85. The minimum atomic E-state index is -0.807. The van der Waals surface area contributed by atoms with E-state index >= 15 is 0 Å². The Balaban J connectivity index is 1.51. The Morgan fingerprint density at radius 1 is 1.39 bits per heavy atom. The van der Waals surface area contributed by atoms with Gasteiger partial charge in [0.1, 0.15) is 5.82 Å². The van der Waals surface area contributed by atoms with E-state index in [4.69, 9.17) is 4.98 Å². The number of imidazole rings is 1. The molecule has 2 aromatic rings. The molecule has 4 rings (SSSR count). The van der Waals surface area contributed by atoms with Gasteiger partial charge in [-0.25, -0.2) is 4.98 Å². The Kier molecular flexibility index (Phi) is 3.41. The molecule has 1 aromatic carbocycles. The second kappa shape index (κ2) is 5.34. The van der Waals surface area contributed by atoms with Crippen molar-refractivity contribution in [3.05, 3.63) is 24.0 Å². The van der Waals surface area contributed by atoms with E-state index in [2.05, 4.69) is 16.9 Å². The van der Waals surface area contributed by atoms with Gasteiger partial charge < -0.3 is 15.0 Å². The molecule has 0 atom stereocenters. The Bertz CT molecular complexity index is 755. The summed E-state index contributed by atoms with van der Waals surface area (Å²) in [5, 5.41) is 13.3. The maximum Gasteiger partial charge on any atom is 0.227 e. The summed E-state index contributed by atoms with van der Waals surface area (Å²) in [4.78, 5) is 16.9. The van der Waals surface area contributed by atoms with Gasteiger partial charge in [-0.1, -0.05) is 12.8 Å². The van der Waals surface area contributed by atoms with Crippen LogP contribution in [0.15, 0.2) is 18.2 Å². The lowest BCUT2D eigenvalue weighted by molar-refractivity contribution is -0.120. The first-order valence-corrected chi connectivity index (χ1v) is 8.53. The highest BCUT2D eigenvalue weighted by Gasteiger charge is 2.33. The molecule has 2 aliphatic rings. The maximum absolute atomic E-state index is 12.2. The van der Waals surface area contributed by atoms with Crippen molar-refractivity contribution in [1.29, 1.82) is 0 Å². The molecule has 0 unspecified atom stereocenters. The summed E-state index contributed by atoms with van der Waals surface area (Å²) < 4.78 is 2.15. The number of benzene rings is 1. The van der Waals surface area contributed by atoms with Crippen LogP contribution in [0.2, 0.25) is 0 Å². The fourth-order valence-electron chi connectivity index (χ4n) is 3.72. The topological polar surface area (TPSA) is 67.2 Å². The smallest absolute Gasteiger partial charge is 0.227 e. The molecule has 2 saturated carbocycles. The maximum atomic E-state index is 12.2. The molecule has 122 valence electrons. The predicted octanol–water partition coefficient (Wildman–Crippen LogP) is 3.08. The van der Waals surface area contributed by atoms with Crippen LogP contribution in [-0.2, 0) is 11.8 Å². The van der Waals surface area contributed by atoms with E-state index in [9.17, 15) is 9.90 Å². The molecule has 5 heteroatoms. The molecule has 1 heterocycles. The van der Waals surface area contributed by atoms with Gasteiger partial charge in [0.15, 0.2) is 0 Å². The van der Waals surface area contributed by atoms with E-state index in [0.29, 0.717) is 5.92 Å². The second-order valence-electron chi connectivity index (χ2n) is 7.16. The first-order valence-electron chi connectivity index (χ1n) is 8.53. The monoisotopic (exact) mass is 313 g/mol. The average molecular weight is 313 g/mol. The van der Waals surface area contributed by atoms with Gasteiger partial charge in [0, 0.05) is 18.7 Å². The van der Waals surface area contributed by atoms with Gasteiger partial charge in [0.2, 0.25) is 5.91 Å². The predicted molar refractivity (Wildman–Crippen MR) is 89.4 cm³/mol. The lowest BCUT2D eigenvalue weighted by Gasteiger charge is -2.21. The molecule has 0 radical (unpaired) electrons. The van der Waals surface area contributed by atoms with Crippen molar-refractivity contribution in [3.63, 3.8) is 0 Å². The molecule has 0 saturated heterocycles. The highest BCUT2D eigenvalue weighted by molar-refractivity contribution is 5.93. The van der Waals surface area contributed by atoms with E-state index in [-0.39, 0.29) is 12.3 Å². The summed E-state index contributed by atoms with van der Waals surface area (Å²) in [6.45, 7) is 0. The van der Waals surface area contributed by atoms with E-state index < -0.39 is 5.60 Å². The number of aliphatic hydroxyl groups is 1. The number of carbonyl (C=O) groups excluding carboxylic acids is 1. The van der Waals surface area contributed by atoms with Crippen LogP contribution >= 0.6 is 0 Å². The van der Waals surface area contributed by atoms with E-state index in [0.717, 1.165) is 48.2 Å². The number of hydrogen-bond acceptors (Lipinski definition) is 3. The van der Waals surface area contributed by atoms with Crippen LogP contribution in [0.1, 0.15) is 56.7 Å². The first-order chi connectivity index (χ1) is 11.0. The largest absolute Gasteiger partial charge is 0.389 e. The molecule has 1 aromatic heterocycles. The molecule has 2 aliphatic carbocycles. The molecule has 5 nitrogen and oxygen atoms in total. The molecular weight excluding hydrogens is 290 g/mol. The third-order valence-corrected chi connectivity index (χ3v) is 5.17. The minimum Gasteiger partial charge on any atom is -0.389 e. The standard InChI is InChI=1S/C18H23N3O2/c1-21-15-7-6-13(10-14(15)20-17(21)12-4-5-12)19-16(22)11-18(23)8-2-3-9-18/h6-7,10,12,23H,2-5,8-9,11H2,1H3,(H,19,22). The normalized spacial score (nSPS) is 20.1. The van der Waals surface area contributed by atoms with Crippen molar-refractivity contribution in [2.75, 3.05) is 5.32 Å². The van der Waals surface area contributed by atoms with Crippen LogP contribution in [-0.4, -0.2) is 26.2 Å². The molecule has 2 N–H and O–H groups in total. The SMILES string of the molecule is Cn1c(C2CC2)nc2cc(NC(=O)CC3(O)CCCC3)ccc21. The Morgan fingerprint density at radius 2 is 2.13 bits per heavy atom. The molecule has 1 amide bonds. The second-order valence-corrected chi connectivity index (χ2v) is 7.16. The zero-order valence-corrected chi connectivity index (χ0v) is 13.5. The summed E-state index contributed by atoms with van der Waals surface area (Å²) in [6.07, 6.45) is 6.09. The van der Waals surface area contributed by atoms with Crippen LogP contribution in [0, 0.1) is 0 Å². The average Bonchev–Trinajstić information content (AvgIpc) is 3.18. The molecule has 23 heavy (non-hydrogen) atoms. The number of anilines is 1. The number of carbonyl (C=O) groups is 1. The van der Waals surface area contributed by atoms with Crippen molar-refractivity contribution in [2.45, 2.75) is 56.5 Å². The van der Waals surface area contributed by atoms with Crippen LogP contribution in [0.5, 0.6) is 0 Å². The van der Waals surface area contributed by atoms with Crippen LogP contribution in [0.25, 0.3) is 11.0 Å². The number of aryl methyl sites for hydroxylation is 1. The van der Waals surface area contributed by atoms with Gasteiger partial charge in [-0.3, -0.25) is 4.79 Å². The molecule has 0 spiro atoms. The quantitative estimate of drug-likeness (QED) is 0.911. The van der Waals surface area contributed by atoms with Crippen molar-refractivity contribution < 1.29 is 9.90 Å². The summed E-state index contributed by atoms with van der Waals surface area (Å²) in [5.41, 5.74) is 1.97. The summed E-state index contributed by atoms with van der Waals surface area (Å²) in [5.74, 6) is 1.62. The van der Waals surface area contributed by atoms with Gasteiger partial charge in [-0.15, -0.1) is 0 Å². The van der Waals surface area contributed by atoms with Gasteiger partial charge in [0.05, 0.1) is 23.1 Å². The molecule has 2 fully saturated rings. The highest BCUT2D eigenvalue weighted by Crippen LogP contribution is 2.40. The molecule has 0 bridgehead atoms. The van der Waals surface area contributed by atoms with Crippen molar-refractivity contribution in [3.8, 4) is 0 Å². The molecular formula is C18H23N3O2. The first kappa shape index (κ1) is 14.7. The summed E-state index contributed by atoms with van der Waals surface area (Å²) in [6, 6.07) is 5.85. The van der Waals surface area contributed by atoms with Gasteiger partial charge >= 0.3 is 0 Å².